The molecule has 0 atom stereocenters. The first-order chi connectivity index (χ1) is 10.1. The van der Waals surface area contributed by atoms with Gasteiger partial charge in [0.1, 0.15) is 0 Å². The lowest BCUT2D eigenvalue weighted by atomic mass is 10.2. The van der Waals surface area contributed by atoms with Crippen LogP contribution in [0.25, 0.3) is 0 Å². The number of aromatic hydroxyl groups is 1. The molecule has 2 aromatic rings. The van der Waals surface area contributed by atoms with Crippen LogP contribution in [0.3, 0.4) is 0 Å². The molecule has 2 N–H and O–H groups in total. The van der Waals surface area contributed by atoms with Gasteiger partial charge in [-0.05, 0) is 29.8 Å². The maximum atomic E-state index is 11.7. The molecule has 0 aliphatic carbocycles. The fourth-order valence-electron chi connectivity index (χ4n) is 1.51. The van der Waals surface area contributed by atoms with Crippen LogP contribution in [0.1, 0.15) is 15.9 Å². The molecule has 0 saturated heterocycles. The fourth-order valence-corrected chi connectivity index (χ4v) is 1.51. The summed E-state index contributed by atoms with van der Waals surface area (Å²) in [5.41, 5.74) is 2.70. The van der Waals surface area contributed by atoms with Crippen LogP contribution in [0.15, 0.2) is 47.8 Å². The number of nitro benzene ring substituents is 1. The average Bonchev–Trinajstić information content (AvgIpc) is 2.47. The summed E-state index contributed by atoms with van der Waals surface area (Å²) in [7, 11) is 0. The molecule has 8 nitrogen and oxygen atoms in total. The molecule has 106 valence electrons. The lowest BCUT2D eigenvalue weighted by molar-refractivity contribution is -0.385. The minimum absolute atomic E-state index is 0.395. The monoisotopic (exact) mass is 286 g/mol. The second-order valence-electron chi connectivity index (χ2n) is 3.94. The minimum Gasteiger partial charge on any atom is -0.502 e. The van der Waals surface area contributed by atoms with Crippen LogP contribution in [-0.4, -0.2) is 27.1 Å². The number of carbonyl (C=O) groups is 1. The molecule has 1 aromatic heterocycles. The van der Waals surface area contributed by atoms with Crippen molar-refractivity contribution >= 4 is 17.8 Å². The number of benzene rings is 1. The molecule has 0 spiro atoms. The molecule has 0 saturated carbocycles. The van der Waals surface area contributed by atoms with Crippen molar-refractivity contribution in [1.82, 2.24) is 10.4 Å². The highest BCUT2D eigenvalue weighted by molar-refractivity contribution is 5.94. The molecule has 2 rings (SSSR count). The molecule has 21 heavy (non-hydrogen) atoms. The van der Waals surface area contributed by atoms with E-state index in [1.807, 2.05) is 0 Å². The first-order valence-corrected chi connectivity index (χ1v) is 5.79. The Morgan fingerprint density at radius 3 is 2.67 bits per heavy atom. The normalized spacial score (nSPS) is 10.5. The van der Waals surface area contributed by atoms with Crippen LogP contribution >= 0.6 is 0 Å². The van der Waals surface area contributed by atoms with E-state index in [-0.39, 0.29) is 0 Å². The topological polar surface area (TPSA) is 118 Å². The third-order valence-electron chi connectivity index (χ3n) is 2.52. The van der Waals surface area contributed by atoms with Crippen molar-refractivity contribution in [2.45, 2.75) is 0 Å². The van der Waals surface area contributed by atoms with Crippen molar-refractivity contribution in [3.63, 3.8) is 0 Å². The van der Waals surface area contributed by atoms with E-state index in [0.29, 0.717) is 11.1 Å². The van der Waals surface area contributed by atoms with Gasteiger partial charge in [-0.15, -0.1) is 0 Å². The van der Waals surface area contributed by atoms with Crippen LogP contribution in [0.2, 0.25) is 0 Å². The summed E-state index contributed by atoms with van der Waals surface area (Å²) in [5.74, 6) is -0.885. The maximum absolute atomic E-state index is 11.7. The second kappa shape index (κ2) is 6.24. The van der Waals surface area contributed by atoms with E-state index in [9.17, 15) is 20.0 Å². The van der Waals surface area contributed by atoms with Crippen molar-refractivity contribution < 1.29 is 14.8 Å². The third-order valence-corrected chi connectivity index (χ3v) is 2.52. The number of hydrogen-bond acceptors (Lipinski definition) is 6. The van der Waals surface area contributed by atoms with Gasteiger partial charge >= 0.3 is 5.69 Å². The van der Waals surface area contributed by atoms with Gasteiger partial charge in [-0.1, -0.05) is 0 Å². The van der Waals surface area contributed by atoms with Gasteiger partial charge in [-0.2, -0.15) is 5.10 Å². The number of pyridine rings is 1. The summed E-state index contributed by atoms with van der Waals surface area (Å²) in [4.78, 5) is 25.3. The van der Waals surface area contributed by atoms with Crippen LogP contribution in [0.4, 0.5) is 5.69 Å². The summed E-state index contributed by atoms with van der Waals surface area (Å²) in [6.45, 7) is 0. The Hall–Kier alpha value is -3.29. The van der Waals surface area contributed by atoms with Crippen LogP contribution < -0.4 is 5.43 Å². The van der Waals surface area contributed by atoms with Gasteiger partial charge in [0.25, 0.3) is 5.91 Å². The van der Waals surface area contributed by atoms with E-state index in [2.05, 4.69) is 15.5 Å². The summed E-state index contributed by atoms with van der Waals surface area (Å²) >= 11 is 0. The van der Waals surface area contributed by atoms with E-state index in [0.717, 1.165) is 6.07 Å². The Balaban J connectivity index is 2.03. The molecule has 0 bridgehead atoms. The van der Waals surface area contributed by atoms with E-state index < -0.39 is 22.3 Å². The number of nitrogens with zero attached hydrogens (tertiary/aromatic N) is 3. The van der Waals surface area contributed by atoms with Gasteiger partial charge < -0.3 is 5.11 Å². The van der Waals surface area contributed by atoms with Gasteiger partial charge in [0.2, 0.25) is 0 Å². The smallest absolute Gasteiger partial charge is 0.310 e. The number of nitro groups is 1. The minimum atomic E-state index is -0.693. The van der Waals surface area contributed by atoms with Crippen molar-refractivity contribution in [3.05, 3.63) is 64.0 Å². The molecule has 1 heterocycles. The first-order valence-electron chi connectivity index (χ1n) is 5.79. The zero-order valence-corrected chi connectivity index (χ0v) is 10.6. The summed E-state index contributed by atoms with van der Waals surface area (Å²) in [6.07, 6.45) is 4.22. The quantitative estimate of drug-likeness (QED) is 0.501. The molecule has 8 heteroatoms. The Labute approximate surface area is 118 Å². The molecular weight excluding hydrogens is 276 g/mol. The molecule has 0 radical (unpaired) electrons. The summed E-state index contributed by atoms with van der Waals surface area (Å²) in [5, 5.41) is 23.7. The Bertz CT molecular complexity index is 701. The molecule has 0 unspecified atom stereocenters. The number of aromatic nitrogens is 1. The average molecular weight is 286 g/mol. The molecular formula is C13H10N4O4. The number of rotatable bonds is 4. The largest absolute Gasteiger partial charge is 0.502 e. The van der Waals surface area contributed by atoms with Crippen molar-refractivity contribution in [1.29, 1.82) is 0 Å². The number of hydrogen-bond donors (Lipinski definition) is 2. The molecule has 1 aromatic carbocycles. The zero-order chi connectivity index (χ0) is 15.2. The molecule has 1 amide bonds. The van der Waals surface area contributed by atoms with Gasteiger partial charge in [-0.3, -0.25) is 19.9 Å². The number of phenols is 1. The van der Waals surface area contributed by atoms with Crippen molar-refractivity contribution in [3.8, 4) is 5.75 Å². The predicted molar refractivity (Wildman–Crippen MR) is 74.1 cm³/mol. The molecule has 0 fully saturated rings. The van der Waals surface area contributed by atoms with E-state index in [1.54, 1.807) is 0 Å². The van der Waals surface area contributed by atoms with Crippen LogP contribution in [0.5, 0.6) is 5.75 Å². The maximum Gasteiger partial charge on any atom is 0.310 e. The van der Waals surface area contributed by atoms with E-state index in [1.165, 1.54) is 42.9 Å². The van der Waals surface area contributed by atoms with E-state index >= 15 is 0 Å². The van der Waals surface area contributed by atoms with Crippen molar-refractivity contribution in [2.75, 3.05) is 0 Å². The Kier molecular flexibility index (Phi) is 4.20. The lowest BCUT2D eigenvalue weighted by Gasteiger charge is -1.99. The highest BCUT2D eigenvalue weighted by Gasteiger charge is 2.12. The number of nitrogens with one attached hydrogen (secondary N) is 1. The number of carbonyl (C=O) groups excluding carboxylic acids is 1. The Morgan fingerprint density at radius 1 is 1.33 bits per heavy atom. The first kappa shape index (κ1) is 14.1. The standard InChI is InChI=1S/C13H10N4O4/c18-12-7-9(1-2-11(12)17(20)21)8-15-16-13(19)10-3-5-14-6-4-10/h1-8,18H,(H,16,19)/b15-8-. The van der Waals surface area contributed by atoms with Gasteiger partial charge in [0.05, 0.1) is 11.1 Å². The third kappa shape index (κ3) is 3.60. The molecule has 0 aliphatic heterocycles. The van der Waals surface area contributed by atoms with Gasteiger partial charge in [-0.25, -0.2) is 5.43 Å². The van der Waals surface area contributed by atoms with E-state index in [4.69, 9.17) is 0 Å². The number of hydrazone groups is 1. The highest BCUT2D eigenvalue weighted by atomic mass is 16.6. The van der Waals surface area contributed by atoms with Gasteiger partial charge in [0.15, 0.2) is 5.75 Å². The predicted octanol–water partition coefficient (Wildman–Crippen LogP) is 1.46. The van der Waals surface area contributed by atoms with Gasteiger partial charge in [0, 0.05) is 24.0 Å². The highest BCUT2D eigenvalue weighted by Crippen LogP contribution is 2.25. The van der Waals surface area contributed by atoms with Crippen LogP contribution in [-0.2, 0) is 0 Å². The zero-order valence-electron chi connectivity index (χ0n) is 10.6. The molecule has 0 aliphatic rings. The second-order valence-corrected chi connectivity index (χ2v) is 3.94. The number of phenolic OH excluding ortho intramolecular Hbond substituents is 1. The summed E-state index contributed by atoms with van der Waals surface area (Å²) in [6, 6.07) is 6.80. The number of amides is 1. The van der Waals surface area contributed by atoms with Crippen LogP contribution in [0, 0.1) is 10.1 Å². The SMILES string of the molecule is O=C(N/N=C\c1ccc([N+](=O)[O-])c(O)c1)c1ccncc1. The lowest BCUT2D eigenvalue weighted by Crippen LogP contribution is -2.17. The Morgan fingerprint density at radius 2 is 2.05 bits per heavy atom. The summed E-state index contributed by atoms with van der Waals surface area (Å²) < 4.78 is 0. The fraction of sp³-hybridized carbons (Fsp3) is 0. The van der Waals surface area contributed by atoms with Crippen molar-refractivity contribution in [2.24, 2.45) is 5.10 Å².